The van der Waals surface area contributed by atoms with Crippen molar-refractivity contribution >= 4 is 33.1 Å². The maximum atomic E-state index is 11.1. The number of benzene rings is 1. The SMILES string of the molecule is Cc1ccc(S(=O)(=O)OI)cc1. The lowest BCUT2D eigenvalue weighted by atomic mass is 10.2. The van der Waals surface area contributed by atoms with E-state index in [0.717, 1.165) is 5.56 Å². The third kappa shape index (κ3) is 2.18. The largest absolute Gasteiger partial charge is 0.306 e. The minimum absolute atomic E-state index is 0.183. The molecule has 66 valence electrons. The summed E-state index contributed by atoms with van der Waals surface area (Å²) in [4.78, 5) is 0.183. The van der Waals surface area contributed by atoms with E-state index in [0.29, 0.717) is 0 Å². The molecule has 0 saturated heterocycles. The van der Waals surface area contributed by atoms with Crippen LogP contribution in [0.2, 0.25) is 0 Å². The summed E-state index contributed by atoms with van der Waals surface area (Å²) in [5.74, 6) is 0. The number of aryl methyl sites for hydroxylation is 1. The molecule has 0 bridgehead atoms. The summed E-state index contributed by atoms with van der Waals surface area (Å²) in [5.41, 5.74) is 1.02. The van der Waals surface area contributed by atoms with Gasteiger partial charge in [-0.05, 0) is 19.1 Å². The van der Waals surface area contributed by atoms with Gasteiger partial charge in [-0.1, -0.05) is 17.7 Å². The Bertz CT molecular complexity index is 355. The van der Waals surface area contributed by atoms with Gasteiger partial charge >= 0.3 is 10.1 Å². The van der Waals surface area contributed by atoms with Gasteiger partial charge in [-0.3, -0.25) is 0 Å². The molecule has 0 aliphatic carbocycles. The Labute approximate surface area is 85.6 Å². The zero-order chi connectivity index (χ0) is 9.19. The molecule has 0 atom stereocenters. The molecule has 0 heterocycles. The second kappa shape index (κ2) is 3.71. The summed E-state index contributed by atoms with van der Waals surface area (Å²) in [6.45, 7) is 1.89. The zero-order valence-electron chi connectivity index (χ0n) is 6.32. The number of halogens is 1. The Kier molecular flexibility index (Phi) is 3.08. The first kappa shape index (κ1) is 9.94. The second-order valence-corrected chi connectivity index (χ2v) is 4.91. The topological polar surface area (TPSA) is 43.4 Å². The van der Waals surface area contributed by atoms with Gasteiger partial charge in [-0.2, -0.15) is 10.9 Å². The third-order valence-corrected chi connectivity index (χ3v) is 3.83. The first-order valence-corrected chi connectivity index (χ1v) is 5.47. The molecule has 1 aromatic carbocycles. The fraction of sp³-hybridized carbons (Fsp3) is 0.143. The standard InChI is InChI=1S/C7H7IO3S/c1-6-2-4-7(5-3-6)12(9,10)11-8/h2-5H,1H3. The van der Waals surface area contributed by atoms with Crippen molar-refractivity contribution in [2.75, 3.05) is 0 Å². The molecule has 1 aromatic rings. The van der Waals surface area contributed by atoms with Crippen molar-refractivity contribution in [1.82, 2.24) is 0 Å². The molecule has 0 N–H and O–H groups in total. The first-order chi connectivity index (χ1) is 5.56. The Morgan fingerprint density at radius 3 is 2.17 bits per heavy atom. The lowest BCUT2D eigenvalue weighted by Crippen LogP contribution is -1.98. The van der Waals surface area contributed by atoms with Gasteiger partial charge in [0.1, 0.15) is 23.0 Å². The van der Waals surface area contributed by atoms with Crippen molar-refractivity contribution in [3.05, 3.63) is 29.8 Å². The average molecular weight is 298 g/mol. The summed E-state index contributed by atoms with van der Waals surface area (Å²) >= 11 is 1.35. The van der Waals surface area contributed by atoms with Gasteiger partial charge in [0, 0.05) is 0 Å². The lowest BCUT2D eigenvalue weighted by Gasteiger charge is -1.98. The molecule has 5 heteroatoms. The summed E-state index contributed by atoms with van der Waals surface area (Å²) < 4.78 is 26.5. The van der Waals surface area contributed by atoms with Gasteiger partial charge < -0.3 is 0 Å². The molecule has 0 unspecified atom stereocenters. The van der Waals surface area contributed by atoms with Crippen molar-refractivity contribution in [2.45, 2.75) is 11.8 Å². The van der Waals surface area contributed by atoms with Crippen LogP contribution in [-0.2, 0) is 12.6 Å². The molecule has 0 aliphatic heterocycles. The minimum Gasteiger partial charge on any atom is -0.195 e. The van der Waals surface area contributed by atoms with Gasteiger partial charge in [0.15, 0.2) is 0 Å². The number of rotatable bonds is 2. The summed E-state index contributed by atoms with van der Waals surface area (Å²) in [5, 5.41) is 0. The number of hydrogen-bond donors (Lipinski definition) is 0. The normalized spacial score (nSPS) is 11.5. The highest BCUT2D eigenvalue weighted by Crippen LogP contribution is 2.14. The monoisotopic (exact) mass is 298 g/mol. The Balaban J connectivity index is 3.14. The van der Waals surface area contributed by atoms with Gasteiger partial charge in [0.05, 0.1) is 4.90 Å². The lowest BCUT2D eigenvalue weighted by molar-refractivity contribution is 0.536. The van der Waals surface area contributed by atoms with Crippen molar-refractivity contribution in [3.8, 4) is 0 Å². The smallest absolute Gasteiger partial charge is 0.195 e. The minimum atomic E-state index is -3.53. The van der Waals surface area contributed by atoms with Crippen LogP contribution < -0.4 is 0 Å². The molecule has 0 aromatic heterocycles. The fourth-order valence-corrected chi connectivity index (χ4v) is 1.91. The van der Waals surface area contributed by atoms with Crippen LogP contribution in [0, 0.1) is 6.92 Å². The number of hydrogen-bond acceptors (Lipinski definition) is 3. The molecule has 0 amide bonds. The van der Waals surface area contributed by atoms with Crippen molar-refractivity contribution in [1.29, 1.82) is 0 Å². The van der Waals surface area contributed by atoms with E-state index in [4.69, 9.17) is 0 Å². The van der Waals surface area contributed by atoms with Crippen LogP contribution in [0.5, 0.6) is 0 Å². The van der Waals surface area contributed by atoms with E-state index in [1.807, 2.05) is 6.92 Å². The van der Waals surface area contributed by atoms with E-state index in [1.54, 1.807) is 12.1 Å². The van der Waals surface area contributed by atoms with Gasteiger partial charge in [0.2, 0.25) is 0 Å². The van der Waals surface area contributed by atoms with Crippen LogP contribution in [0.4, 0.5) is 0 Å². The van der Waals surface area contributed by atoms with E-state index in [9.17, 15) is 8.42 Å². The summed E-state index contributed by atoms with van der Waals surface area (Å²) in [6.07, 6.45) is 0. The highest BCUT2D eigenvalue weighted by Gasteiger charge is 2.12. The predicted octanol–water partition coefficient (Wildman–Crippen LogP) is 2.05. The molecule has 0 spiro atoms. The molecular formula is C7H7IO3S. The molecule has 0 aliphatic rings. The van der Waals surface area contributed by atoms with Crippen molar-refractivity contribution in [3.63, 3.8) is 0 Å². The van der Waals surface area contributed by atoms with Crippen molar-refractivity contribution in [2.24, 2.45) is 0 Å². The van der Waals surface area contributed by atoms with Crippen LogP contribution in [0.1, 0.15) is 5.56 Å². The van der Waals surface area contributed by atoms with E-state index < -0.39 is 10.1 Å². The quantitative estimate of drug-likeness (QED) is 0.785. The van der Waals surface area contributed by atoms with E-state index in [-0.39, 0.29) is 4.90 Å². The van der Waals surface area contributed by atoms with Gasteiger partial charge in [0.25, 0.3) is 0 Å². The van der Waals surface area contributed by atoms with Crippen LogP contribution in [0.15, 0.2) is 29.2 Å². The maximum Gasteiger partial charge on any atom is 0.306 e. The highest BCUT2D eigenvalue weighted by molar-refractivity contribution is 14.1. The maximum absolute atomic E-state index is 11.1. The molecule has 12 heavy (non-hydrogen) atoms. The van der Waals surface area contributed by atoms with E-state index in [2.05, 4.69) is 2.51 Å². The van der Waals surface area contributed by atoms with E-state index >= 15 is 0 Å². The average Bonchev–Trinajstić information content (AvgIpc) is 2.05. The molecule has 3 nitrogen and oxygen atoms in total. The highest BCUT2D eigenvalue weighted by atomic mass is 127. The molecule has 0 fully saturated rings. The Hall–Kier alpha value is -0.140. The van der Waals surface area contributed by atoms with E-state index in [1.165, 1.54) is 35.1 Å². The molecule has 0 radical (unpaired) electrons. The molecular weight excluding hydrogens is 291 g/mol. The summed E-state index contributed by atoms with van der Waals surface area (Å²) in [7, 11) is -3.53. The Morgan fingerprint density at radius 1 is 1.25 bits per heavy atom. The van der Waals surface area contributed by atoms with Crippen LogP contribution >= 0.6 is 23.0 Å². The molecule has 0 saturated carbocycles. The molecule has 1 rings (SSSR count). The second-order valence-electron chi connectivity index (χ2n) is 2.33. The van der Waals surface area contributed by atoms with Gasteiger partial charge in [-0.25, -0.2) is 0 Å². The Morgan fingerprint density at radius 2 is 1.75 bits per heavy atom. The van der Waals surface area contributed by atoms with Crippen LogP contribution in [-0.4, -0.2) is 8.42 Å². The fourth-order valence-electron chi connectivity index (χ4n) is 0.741. The van der Waals surface area contributed by atoms with Crippen LogP contribution in [0.25, 0.3) is 0 Å². The first-order valence-electron chi connectivity index (χ1n) is 3.18. The van der Waals surface area contributed by atoms with Gasteiger partial charge in [-0.15, -0.1) is 0 Å². The van der Waals surface area contributed by atoms with Crippen LogP contribution in [0.3, 0.4) is 0 Å². The zero-order valence-corrected chi connectivity index (χ0v) is 9.29. The third-order valence-electron chi connectivity index (χ3n) is 1.39. The summed E-state index contributed by atoms with van der Waals surface area (Å²) in [6, 6.07) is 6.48. The predicted molar refractivity (Wildman–Crippen MR) is 53.5 cm³/mol. The van der Waals surface area contributed by atoms with Crippen molar-refractivity contribution < 1.29 is 10.9 Å².